The summed E-state index contributed by atoms with van der Waals surface area (Å²) in [4.78, 5) is 21.4. The molecular formula is C20H23N5O2. The Labute approximate surface area is 158 Å². The van der Waals surface area contributed by atoms with E-state index >= 15 is 0 Å². The standard InChI is InChI=1S/C20H23N5O2/c1-20(19(26)23-16-4-3-9-22-18(16)27-2)8-5-15-14(12-20)17(25-24-15)13-6-10-21-11-7-13/h3-4,6,9-11,13H,5,7-8,12H2,1-2H3,(H,23,26)(H,24,25). The van der Waals surface area contributed by atoms with Crippen molar-refractivity contribution in [2.75, 3.05) is 12.4 Å². The van der Waals surface area contributed by atoms with Crippen LogP contribution in [0.25, 0.3) is 0 Å². The zero-order valence-corrected chi connectivity index (χ0v) is 15.5. The number of hydrogen-bond donors (Lipinski definition) is 2. The fourth-order valence-electron chi connectivity index (χ4n) is 3.79. The summed E-state index contributed by atoms with van der Waals surface area (Å²) in [6.07, 6.45) is 10.5. The topological polar surface area (TPSA) is 92.3 Å². The molecule has 27 heavy (non-hydrogen) atoms. The van der Waals surface area contributed by atoms with Gasteiger partial charge in [0.2, 0.25) is 11.8 Å². The molecule has 1 aliphatic heterocycles. The number of rotatable bonds is 4. The molecule has 1 amide bonds. The van der Waals surface area contributed by atoms with Crippen molar-refractivity contribution in [2.24, 2.45) is 10.4 Å². The highest BCUT2D eigenvalue weighted by atomic mass is 16.5. The van der Waals surface area contributed by atoms with Gasteiger partial charge in [0.25, 0.3) is 0 Å². The molecule has 2 aromatic heterocycles. The number of methoxy groups -OCH3 is 1. The number of amides is 1. The molecule has 2 atom stereocenters. The molecule has 4 rings (SSSR count). The molecule has 7 nitrogen and oxygen atoms in total. The highest BCUT2D eigenvalue weighted by Crippen LogP contribution is 2.40. The first-order valence-corrected chi connectivity index (χ1v) is 9.15. The molecule has 0 saturated carbocycles. The summed E-state index contributed by atoms with van der Waals surface area (Å²) in [5.74, 6) is 0.611. The first-order valence-electron chi connectivity index (χ1n) is 9.15. The fraction of sp³-hybridized carbons (Fsp3) is 0.400. The van der Waals surface area contributed by atoms with Crippen LogP contribution in [0.3, 0.4) is 0 Å². The lowest BCUT2D eigenvalue weighted by Crippen LogP contribution is -2.38. The predicted octanol–water partition coefficient (Wildman–Crippen LogP) is 3.02. The minimum Gasteiger partial charge on any atom is -0.480 e. The van der Waals surface area contributed by atoms with Crippen LogP contribution in [0.15, 0.2) is 35.6 Å². The number of nitrogens with zero attached hydrogens (tertiary/aromatic N) is 3. The van der Waals surface area contributed by atoms with Crippen molar-refractivity contribution in [1.29, 1.82) is 0 Å². The molecular weight excluding hydrogens is 342 g/mol. The van der Waals surface area contributed by atoms with Gasteiger partial charge in [0.15, 0.2) is 0 Å². The number of fused-ring (bicyclic) bond motifs is 1. The molecule has 2 aromatic rings. The smallest absolute Gasteiger partial charge is 0.237 e. The number of pyridine rings is 1. The van der Waals surface area contributed by atoms with Crippen LogP contribution >= 0.6 is 0 Å². The maximum Gasteiger partial charge on any atom is 0.237 e. The summed E-state index contributed by atoms with van der Waals surface area (Å²) in [7, 11) is 1.55. The second-order valence-electron chi connectivity index (χ2n) is 7.33. The van der Waals surface area contributed by atoms with Gasteiger partial charge >= 0.3 is 0 Å². The maximum absolute atomic E-state index is 13.1. The highest BCUT2D eigenvalue weighted by Gasteiger charge is 2.40. The van der Waals surface area contributed by atoms with Crippen LogP contribution in [0.2, 0.25) is 0 Å². The minimum atomic E-state index is -0.515. The Balaban J connectivity index is 1.57. The summed E-state index contributed by atoms with van der Waals surface area (Å²) in [6.45, 7) is 2.02. The summed E-state index contributed by atoms with van der Waals surface area (Å²) in [5.41, 5.74) is 3.42. The van der Waals surface area contributed by atoms with Crippen LogP contribution in [0.4, 0.5) is 5.69 Å². The normalized spacial score (nSPS) is 23.7. The van der Waals surface area contributed by atoms with Crippen molar-refractivity contribution in [3.05, 3.63) is 47.6 Å². The molecule has 0 fully saturated rings. The zero-order valence-electron chi connectivity index (χ0n) is 15.5. The average molecular weight is 365 g/mol. The van der Waals surface area contributed by atoms with Gasteiger partial charge < -0.3 is 10.1 Å². The van der Waals surface area contributed by atoms with Crippen molar-refractivity contribution in [2.45, 2.75) is 38.5 Å². The molecule has 0 spiro atoms. The third-order valence-electron chi connectivity index (χ3n) is 5.46. The summed E-state index contributed by atoms with van der Waals surface area (Å²) >= 11 is 0. The Morgan fingerprint density at radius 2 is 2.33 bits per heavy atom. The van der Waals surface area contributed by atoms with E-state index in [0.717, 1.165) is 30.7 Å². The number of allylic oxidation sites excluding steroid dienone is 1. The molecule has 0 bridgehead atoms. The van der Waals surface area contributed by atoms with Gasteiger partial charge in [-0.3, -0.25) is 14.9 Å². The van der Waals surface area contributed by atoms with Gasteiger partial charge in [0.1, 0.15) is 5.69 Å². The number of carbonyl (C=O) groups is 1. The van der Waals surface area contributed by atoms with Crippen molar-refractivity contribution in [3.8, 4) is 5.88 Å². The Morgan fingerprint density at radius 3 is 3.11 bits per heavy atom. The summed E-state index contributed by atoms with van der Waals surface area (Å²) < 4.78 is 5.25. The fourth-order valence-corrected chi connectivity index (χ4v) is 3.79. The quantitative estimate of drug-likeness (QED) is 0.871. The SMILES string of the molecule is COc1ncccc1NC(=O)C1(C)CCc2[nH]nc(C3C=CN=CC3)c2C1. The monoisotopic (exact) mass is 365 g/mol. The Kier molecular flexibility index (Phi) is 4.51. The second-order valence-corrected chi connectivity index (χ2v) is 7.33. The van der Waals surface area contributed by atoms with Crippen LogP contribution in [0.5, 0.6) is 5.88 Å². The largest absolute Gasteiger partial charge is 0.480 e. The number of carbonyl (C=O) groups excluding carboxylic acids is 1. The van der Waals surface area contributed by atoms with Crippen molar-refractivity contribution < 1.29 is 9.53 Å². The van der Waals surface area contributed by atoms with E-state index in [-0.39, 0.29) is 11.8 Å². The third kappa shape index (κ3) is 3.25. The first kappa shape index (κ1) is 17.5. The second kappa shape index (κ2) is 6.98. The number of ether oxygens (including phenoxy) is 1. The van der Waals surface area contributed by atoms with Crippen LogP contribution in [-0.4, -0.2) is 34.4 Å². The van der Waals surface area contributed by atoms with E-state index in [9.17, 15) is 4.79 Å². The molecule has 140 valence electrons. The number of H-pyrrole nitrogens is 1. The summed E-state index contributed by atoms with van der Waals surface area (Å²) in [5, 5.41) is 10.7. The average Bonchev–Trinajstić information content (AvgIpc) is 3.11. The van der Waals surface area contributed by atoms with E-state index in [1.165, 1.54) is 5.56 Å². The van der Waals surface area contributed by atoms with Gasteiger partial charge in [0, 0.05) is 30.2 Å². The van der Waals surface area contributed by atoms with Crippen molar-refractivity contribution in [1.82, 2.24) is 15.2 Å². The molecule has 2 N–H and O–H groups in total. The third-order valence-corrected chi connectivity index (χ3v) is 5.46. The van der Waals surface area contributed by atoms with E-state index in [1.54, 1.807) is 25.4 Å². The van der Waals surface area contributed by atoms with Crippen molar-refractivity contribution >= 4 is 17.8 Å². The van der Waals surface area contributed by atoms with Crippen molar-refractivity contribution in [3.63, 3.8) is 0 Å². The molecule has 0 radical (unpaired) electrons. The van der Waals surface area contributed by atoms with E-state index in [2.05, 4.69) is 31.6 Å². The van der Waals surface area contributed by atoms with E-state index in [1.807, 2.05) is 19.3 Å². The number of aromatic nitrogens is 3. The van der Waals surface area contributed by atoms with Crippen LogP contribution in [-0.2, 0) is 17.6 Å². The Bertz CT molecular complexity index is 917. The number of aromatic amines is 1. The maximum atomic E-state index is 13.1. The lowest BCUT2D eigenvalue weighted by atomic mass is 9.72. The van der Waals surface area contributed by atoms with Crippen LogP contribution < -0.4 is 10.1 Å². The van der Waals surface area contributed by atoms with Gasteiger partial charge in [-0.1, -0.05) is 13.0 Å². The number of nitrogens with one attached hydrogen (secondary N) is 2. The van der Waals surface area contributed by atoms with Gasteiger partial charge in [0.05, 0.1) is 18.2 Å². The number of anilines is 1. The van der Waals surface area contributed by atoms with Gasteiger partial charge in [-0.15, -0.1) is 0 Å². The lowest BCUT2D eigenvalue weighted by molar-refractivity contribution is -0.125. The lowest BCUT2D eigenvalue weighted by Gasteiger charge is -2.32. The van der Waals surface area contributed by atoms with Gasteiger partial charge in [-0.05, 0) is 43.4 Å². The zero-order chi connectivity index (χ0) is 18.9. The minimum absolute atomic E-state index is 0.0210. The number of aryl methyl sites for hydroxylation is 1. The van der Waals surface area contributed by atoms with E-state index in [4.69, 9.17) is 4.74 Å². The van der Waals surface area contributed by atoms with Crippen LogP contribution in [0.1, 0.15) is 42.6 Å². The molecule has 2 unspecified atom stereocenters. The van der Waals surface area contributed by atoms with Crippen LogP contribution in [0, 0.1) is 5.41 Å². The molecule has 1 aliphatic carbocycles. The highest BCUT2D eigenvalue weighted by molar-refractivity contribution is 5.96. The number of hydrogen-bond acceptors (Lipinski definition) is 5. The Morgan fingerprint density at radius 1 is 1.44 bits per heavy atom. The van der Waals surface area contributed by atoms with Gasteiger partial charge in [-0.2, -0.15) is 5.10 Å². The molecule has 7 heteroatoms. The first-order chi connectivity index (χ1) is 13.1. The van der Waals surface area contributed by atoms with E-state index < -0.39 is 5.41 Å². The van der Waals surface area contributed by atoms with E-state index in [0.29, 0.717) is 18.0 Å². The Hall–Kier alpha value is -2.96. The molecule has 0 saturated heterocycles. The number of aliphatic imine (C=N–C) groups is 1. The molecule has 0 aromatic carbocycles. The van der Waals surface area contributed by atoms with Gasteiger partial charge in [-0.25, -0.2) is 4.98 Å². The molecule has 2 aliphatic rings. The molecule has 3 heterocycles. The summed E-state index contributed by atoms with van der Waals surface area (Å²) in [6, 6.07) is 3.58. The predicted molar refractivity (Wildman–Crippen MR) is 103 cm³/mol.